The van der Waals surface area contributed by atoms with Gasteiger partial charge in [-0.15, -0.1) is 22.7 Å². The molecule has 6 nitrogen and oxygen atoms in total. The molecule has 4 amide bonds. The number of carbonyl (C=O) groups excluding carboxylic acids is 4. The number of hydrogen-bond acceptors (Lipinski definition) is 6. The summed E-state index contributed by atoms with van der Waals surface area (Å²) in [6.45, 7) is 18.9. The molecule has 0 saturated heterocycles. The Balaban J connectivity index is 1.67. The first-order chi connectivity index (χ1) is 27.1. The zero-order chi connectivity index (χ0) is 40.4. The molecule has 4 aromatic rings. The fourth-order valence-electron chi connectivity index (χ4n) is 9.92. The standard InChI is InChI=1S/C46H66N2O4S2Si2/c1-9-17-19-21-23-25-27-47-43(49)35-31-29-33(55(11-3,12-4)13-5)54-42(31)40-38-36(44(50)48(46(40)52)28-26-24-22-20-18-10-2)32-30-34(56(14-6,15-7)16-8)53-41(32)39(37(35)38)45(47)51/h29-30H,9-28H2,1-8H3. The van der Waals surface area contributed by atoms with E-state index in [0.717, 1.165) is 108 Å². The zero-order valence-electron chi connectivity index (χ0n) is 35.6. The maximum Gasteiger partial charge on any atom is 0.262 e. The lowest BCUT2D eigenvalue weighted by Crippen LogP contribution is -2.44. The summed E-state index contributed by atoms with van der Waals surface area (Å²) in [5.41, 5.74) is 2.18. The highest BCUT2D eigenvalue weighted by atomic mass is 32.1. The van der Waals surface area contributed by atoms with Crippen molar-refractivity contribution in [1.82, 2.24) is 9.80 Å². The first-order valence-electron chi connectivity index (χ1n) is 22.3. The minimum absolute atomic E-state index is 0.257. The molecule has 0 saturated carbocycles. The minimum Gasteiger partial charge on any atom is -0.274 e. The van der Waals surface area contributed by atoms with E-state index in [1.807, 2.05) is 0 Å². The van der Waals surface area contributed by atoms with E-state index in [1.165, 1.54) is 44.5 Å². The van der Waals surface area contributed by atoms with Gasteiger partial charge >= 0.3 is 0 Å². The molecule has 56 heavy (non-hydrogen) atoms. The summed E-state index contributed by atoms with van der Waals surface area (Å²) >= 11 is 3.41. The smallest absolute Gasteiger partial charge is 0.262 e. The van der Waals surface area contributed by atoms with Gasteiger partial charge in [-0.25, -0.2) is 0 Å². The second kappa shape index (κ2) is 18.1. The van der Waals surface area contributed by atoms with Crippen molar-refractivity contribution in [2.45, 2.75) is 169 Å². The van der Waals surface area contributed by atoms with Crippen LogP contribution in [0.5, 0.6) is 0 Å². The normalized spacial score (nSPS) is 14.9. The van der Waals surface area contributed by atoms with Crippen molar-refractivity contribution < 1.29 is 19.2 Å². The number of benzene rings is 2. The molecule has 10 heteroatoms. The molecular formula is C46H66N2O4S2Si2. The third-order valence-corrected chi connectivity index (χ3v) is 29.8. The van der Waals surface area contributed by atoms with E-state index < -0.39 is 16.1 Å². The van der Waals surface area contributed by atoms with E-state index in [4.69, 9.17) is 0 Å². The molecule has 2 aliphatic heterocycles. The summed E-state index contributed by atoms with van der Waals surface area (Å²) in [6, 6.07) is 11.0. The lowest BCUT2D eigenvalue weighted by Gasteiger charge is -2.33. The van der Waals surface area contributed by atoms with Crippen LogP contribution in [0.4, 0.5) is 0 Å². The number of unbranched alkanes of at least 4 members (excludes halogenated alkanes) is 10. The van der Waals surface area contributed by atoms with Crippen molar-refractivity contribution in [3.8, 4) is 0 Å². The monoisotopic (exact) mass is 830 g/mol. The fourth-order valence-corrected chi connectivity index (χ4v) is 22.8. The maximum atomic E-state index is 15.1. The molecular weight excluding hydrogens is 765 g/mol. The van der Waals surface area contributed by atoms with Gasteiger partial charge in [0.2, 0.25) is 0 Å². The summed E-state index contributed by atoms with van der Waals surface area (Å²) in [5, 5.41) is 2.76. The Hall–Kier alpha value is -2.67. The zero-order valence-corrected chi connectivity index (χ0v) is 39.3. The SMILES string of the molecule is CCCCCCCCN1C(=O)c2c3cc([Si](CC)(CC)CC)sc3c3c4c(c5cc([Si](CC)(CC)CC)sc5c(c24)C1=O)C(=O)N(CCCCCCCC)C3=O. The second-order valence-electron chi connectivity index (χ2n) is 16.7. The molecule has 0 radical (unpaired) electrons. The molecule has 2 aliphatic rings. The number of hydrogen-bond donors (Lipinski definition) is 0. The summed E-state index contributed by atoms with van der Waals surface area (Å²) in [7, 11) is -3.86. The molecule has 0 fully saturated rings. The molecule has 0 atom stereocenters. The first-order valence-corrected chi connectivity index (χ1v) is 29.2. The van der Waals surface area contributed by atoms with Crippen LogP contribution in [-0.2, 0) is 0 Å². The van der Waals surface area contributed by atoms with Crippen molar-refractivity contribution in [2.24, 2.45) is 0 Å². The third-order valence-electron chi connectivity index (χ3n) is 14.1. The Morgan fingerprint density at radius 2 is 0.732 bits per heavy atom. The number of thiophene rings is 2. The van der Waals surface area contributed by atoms with Crippen LogP contribution in [0.25, 0.3) is 30.9 Å². The van der Waals surface area contributed by atoms with Gasteiger partial charge in [-0.1, -0.05) is 156 Å². The van der Waals surface area contributed by atoms with Crippen molar-refractivity contribution in [2.75, 3.05) is 13.1 Å². The predicted molar refractivity (Wildman–Crippen MR) is 246 cm³/mol. The number of carbonyl (C=O) groups is 4. The minimum atomic E-state index is -1.93. The summed E-state index contributed by atoms with van der Waals surface area (Å²) in [4.78, 5) is 63.3. The van der Waals surface area contributed by atoms with Gasteiger partial charge in [0.05, 0.1) is 38.4 Å². The Morgan fingerprint density at radius 1 is 0.429 bits per heavy atom. The van der Waals surface area contributed by atoms with Crippen molar-refractivity contribution in [3.63, 3.8) is 0 Å². The highest BCUT2D eigenvalue weighted by Gasteiger charge is 2.46. The molecule has 2 aromatic heterocycles. The van der Waals surface area contributed by atoms with Crippen LogP contribution in [0.1, 0.15) is 174 Å². The number of amides is 4. The molecule has 2 aromatic carbocycles. The van der Waals surface area contributed by atoms with E-state index in [2.05, 4.69) is 67.5 Å². The number of nitrogens with zero attached hydrogens (tertiary/aromatic N) is 2. The summed E-state index contributed by atoms with van der Waals surface area (Å²) in [5.74, 6) is -1.03. The molecule has 4 heterocycles. The molecule has 0 bridgehead atoms. The van der Waals surface area contributed by atoms with Crippen molar-refractivity contribution >= 4 is 102 Å². The van der Waals surface area contributed by atoms with Crippen molar-refractivity contribution in [3.05, 3.63) is 34.4 Å². The van der Waals surface area contributed by atoms with Crippen LogP contribution >= 0.6 is 22.7 Å². The molecule has 0 spiro atoms. The highest BCUT2D eigenvalue weighted by molar-refractivity contribution is 7.33. The summed E-state index contributed by atoms with van der Waals surface area (Å²) in [6.07, 6.45) is 12.7. The van der Waals surface area contributed by atoms with Crippen LogP contribution in [-0.4, -0.2) is 62.7 Å². The average molecular weight is 831 g/mol. The van der Waals surface area contributed by atoms with Gasteiger partial charge in [0, 0.05) is 44.0 Å². The van der Waals surface area contributed by atoms with E-state index in [1.54, 1.807) is 22.7 Å². The van der Waals surface area contributed by atoms with E-state index in [0.29, 0.717) is 46.1 Å². The molecule has 0 unspecified atom stereocenters. The summed E-state index contributed by atoms with van der Waals surface area (Å²) < 4.78 is 4.31. The Morgan fingerprint density at radius 3 is 1.05 bits per heavy atom. The van der Waals surface area contributed by atoms with Crippen LogP contribution < -0.4 is 9.00 Å². The molecule has 0 N–H and O–H groups in total. The van der Waals surface area contributed by atoms with Gasteiger partial charge in [0.1, 0.15) is 0 Å². The fraction of sp³-hybridized carbons (Fsp3) is 0.609. The third kappa shape index (κ3) is 7.10. The Bertz CT molecular complexity index is 1850. The lowest BCUT2D eigenvalue weighted by molar-refractivity contribution is 0.0590. The maximum absolute atomic E-state index is 15.1. The largest absolute Gasteiger partial charge is 0.274 e. The number of imide groups is 2. The first kappa shape index (κ1) is 42.9. The van der Waals surface area contributed by atoms with E-state index >= 15 is 19.2 Å². The Kier molecular flexibility index (Phi) is 13.9. The average Bonchev–Trinajstić information content (AvgIpc) is 3.85. The molecule has 304 valence electrons. The topological polar surface area (TPSA) is 74.8 Å². The number of fused-ring (bicyclic) bond motifs is 6. The molecule has 6 rings (SSSR count). The molecule has 0 aliphatic carbocycles. The number of rotatable bonds is 22. The van der Waals surface area contributed by atoms with Gasteiger partial charge in [-0.2, -0.15) is 0 Å². The highest BCUT2D eigenvalue weighted by Crippen LogP contribution is 2.49. The van der Waals surface area contributed by atoms with Gasteiger partial charge < -0.3 is 0 Å². The van der Waals surface area contributed by atoms with Gasteiger partial charge in [-0.05, 0) is 34.0 Å². The van der Waals surface area contributed by atoms with E-state index in [-0.39, 0.29) is 23.6 Å². The quantitative estimate of drug-likeness (QED) is 0.0449. The Labute approximate surface area is 345 Å². The van der Waals surface area contributed by atoms with E-state index in [9.17, 15) is 0 Å². The lowest BCUT2D eigenvalue weighted by atomic mass is 9.82. The van der Waals surface area contributed by atoms with Gasteiger partial charge in [-0.3, -0.25) is 29.0 Å². The van der Waals surface area contributed by atoms with Crippen LogP contribution in [0.2, 0.25) is 36.3 Å². The van der Waals surface area contributed by atoms with Crippen LogP contribution in [0.15, 0.2) is 12.1 Å². The van der Waals surface area contributed by atoms with Crippen LogP contribution in [0, 0.1) is 0 Å². The van der Waals surface area contributed by atoms with Gasteiger partial charge in [0.25, 0.3) is 23.6 Å². The van der Waals surface area contributed by atoms with Crippen LogP contribution in [0.3, 0.4) is 0 Å². The van der Waals surface area contributed by atoms with Crippen molar-refractivity contribution in [1.29, 1.82) is 0 Å². The predicted octanol–water partition coefficient (Wildman–Crippen LogP) is 12.6. The van der Waals surface area contributed by atoms with Gasteiger partial charge in [0.15, 0.2) is 0 Å². The second-order valence-corrected chi connectivity index (χ2v) is 30.0.